The van der Waals surface area contributed by atoms with E-state index in [2.05, 4.69) is 10.1 Å². The normalized spacial score (nSPS) is 9.73. The zero-order valence-electron chi connectivity index (χ0n) is 5.60. The van der Waals surface area contributed by atoms with Gasteiger partial charge >= 0.3 is 0 Å². The van der Waals surface area contributed by atoms with Crippen LogP contribution in [0.1, 0.15) is 11.3 Å². The monoisotopic (exact) mass is 147 g/mol. The Morgan fingerprint density at radius 1 is 1.73 bits per heavy atom. The van der Waals surface area contributed by atoms with Gasteiger partial charge in [-0.05, 0) is 12.1 Å². The average molecular weight is 147 g/mol. The molecule has 0 spiro atoms. The van der Waals surface area contributed by atoms with Crippen LogP contribution >= 0.6 is 0 Å². The minimum absolute atomic E-state index is 0.464. The molecule has 1 aromatic rings. The molecule has 0 unspecified atom stereocenters. The fourth-order valence-corrected chi connectivity index (χ4v) is 0.648. The molecular formula is C7H5N3O. The number of hydrogen-bond acceptors (Lipinski definition) is 4. The smallest absolute Gasteiger partial charge is 0.0992 e. The molecule has 1 aromatic heterocycles. The molecule has 0 saturated heterocycles. The predicted octanol–water partition coefficient (Wildman–Crippen LogP) is 0.761. The number of hydrogen-bond donors (Lipinski definition) is 1. The van der Waals surface area contributed by atoms with E-state index in [1.54, 1.807) is 6.07 Å². The standard InChI is InChI=1S/C7H5N3O/c8-4-6-1-2-9-7(3-6)5-10-11/h1-3,5,11H. The molecule has 11 heavy (non-hydrogen) atoms. The molecule has 0 bridgehead atoms. The summed E-state index contributed by atoms with van der Waals surface area (Å²) >= 11 is 0. The average Bonchev–Trinajstić information content (AvgIpc) is 2.06. The third-order valence-electron chi connectivity index (χ3n) is 1.10. The highest BCUT2D eigenvalue weighted by atomic mass is 16.4. The van der Waals surface area contributed by atoms with Gasteiger partial charge in [-0.2, -0.15) is 5.26 Å². The molecule has 1 heterocycles. The first-order chi connectivity index (χ1) is 5.36. The second-order valence-electron chi connectivity index (χ2n) is 1.83. The maximum Gasteiger partial charge on any atom is 0.0992 e. The van der Waals surface area contributed by atoms with Gasteiger partial charge in [-0.15, -0.1) is 0 Å². The quantitative estimate of drug-likeness (QED) is 0.362. The summed E-state index contributed by atoms with van der Waals surface area (Å²) in [6.45, 7) is 0. The number of pyridine rings is 1. The van der Waals surface area contributed by atoms with Gasteiger partial charge in [-0.1, -0.05) is 5.16 Å². The van der Waals surface area contributed by atoms with Crippen LogP contribution in [0.5, 0.6) is 0 Å². The third kappa shape index (κ3) is 1.76. The molecule has 4 nitrogen and oxygen atoms in total. The Morgan fingerprint density at radius 2 is 2.55 bits per heavy atom. The summed E-state index contributed by atoms with van der Waals surface area (Å²) in [5, 5.41) is 19.4. The van der Waals surface area contributed by atoms with Gasteiger partial charge in [0.05, 0.1) is 23.5 Å². The fourth-order valence-electron chi connectivity index (χ4n) is 0.648. The van der Waals surface area contributed by atoms with E-state index in [9.17, 15) is 0 Å². The van der Waals surface area contributed by atoms with Crippen molar-refractivity contribution in [1.29, 1.82) is 5.26 Å². The van der Waals surface area contributed by atoms with Crippen molar-refractivity contribution in [2.24, 2.45) is 5.16 Å². The Hall–Kier alpha value is -1.89. The van der Waals surface area contributed by atoms with Crippen LogP contribution < -0.4 is 0 Å². The Balaban J connectivity index is 3.03. The molecular weight excluding hydrogens is 142 g/mol. The molecule has 0 aliphatic rings. The summed E-state index contributed by atoms with van der Waals surface area (Å²) in [7, 11) is 0. The molecule has 0 aliphatic heterocycles. The molecule has 0 atom stereocenters. The van der Waals surface area contributed by atoms with Crippen molar-refractivity contribution >= 4 is 6.21 Å². The highest BCUT2D eigenvalue weighted by molar-refractivity contribution is 5.76. The number of nitriles is 1. The second-order valence-corrected chi connectivity index (χ2v) is 1.83. The summed E-state index contributed by atoms with van der Waals surface area (Å²) in [4.78, 5) is 3.82. The van der Waals surface area contributed by atoms with Gasteiger partial charge in [0.15, 0.2) is 0 Å². The molecule has 0 fully saturated rings. The van der Waals surface area contributed by atoms with Gasteiger partial charge in [-0.3, -0.25) is 4.98 Å². The summed E-state index contributed by atoms with van der Waals surface area (Å²) in [6, 6.07) is 5.05. The van der Waals surface area contributed by atoms with Crippen molar-refractivity contribution in [1.82, 2.24) is 4.98 Å². The van der Waals surface area contributed by atoms with Gasteiger partial charge in [-0.25, -0.2) is 0 Å². The van der Waals surface area contributed by atoms with E-state index >= 15 is 0 Å². The van der Waals surface area contributed by atoms with Crippen LogP contribution in [0.15, 0.2) is 23.5 Å². The lowest BCUT2D eigenvalue weighted by Gasteiger charge is -1.89. The Morgan fingerprint density at radius 3 is 3.18 bits per heavy atom. The van der Waals surface area contributed by atoms with Gasteiger partial charge < -0.3 is 5.21 Å². The van der Waals surface area contributed by atoms with Crippen molar-refractivity contribution in [3.8, 4) is 6.07 Å². The Bertz CT molecular complexity index is 314. The van der Waals surface area contributed by atoms with E-state index < -0.39 is 0 Å². The van der Waals surface area contributed by atoms with Gasteiger partial charge in [0.25, 0.3) is 0 Å². The Kier molecular flexibility index (Phi) is 2.18. The molecule has 0 radical (unpaired) electrons. The predicted molar refractivity (Wildman–Crippen MR) is 38.3 cm³/mol. The number of rotatable bonds is 1. The SMILES string of the molecule is N#Cc1ccnc(C=NO)c1. The fraction of sp³-hybridized carbons (Fsp3) is 0. The first-order valence-electron chi connectivity index (χ1n) is 2.90. The van der Waals surface area contributed by atoms with Crippen molar-refractivity contribution in [2.45, 2.75) is 0 Å². The molecule has 1 rings (SSSR count). The first-order valence-corrected chi connectivity index (χ1v) is 2.90. The van der Waals surface area contributed by atoms with Crippen LogP contribution in [0.25, 0.3) is 0 Å². The van der Waals surface area contributed by atoms with E-state index in [-0.39, 0.29) is 0 Å². The highest BCUT2D eigenvalue weighted by Gasteiger charge is 1.91. The van der Waals surface area contributed by atoms with Crippen molar-refractivity contribution in [3.05, 3.63) is 29.6 Å². The van der Waals surface area contributed by atoms with Crippen LogP contribution in [0, 0.1) is 11.3 Å². The molecule has 0 amide bonds. The minimum atomic E-state index is 0.464. The third-order valence-corrected chi connectivity index (χ3v) is 1.10. The second kappa shape index (κ2) is 3.32. The topological polar surface area (TPSA) is 69.3 Å². The number of aromatic nitrogens is 1. The van der Waals surface area contributed by atoms with Crippen molar-refractivity contribution in [3.63, 3.8) is 0 Å². The van der Waals surface area contributed by atoms with Crippen molar-refractivity contribution < 1.29 is 5.21 Å². The Labute approximate surface area is 63.4 Å². The zero-order valence-corrected chi connectivity index (χ0v) is 5.60. The van der Waals surface area contributed by atoms with E-state index in [0.29, 0.717) is 11.3 Å². The van der Waals surface area contributed by atoms with Crippen LogP contribution in [0.3, 0.4) is 0 Å². The van der Waals surface area contributed by atoms with Gasteiger partial charge in [0.2, 0.25) is 0 Å². The van der Waals surface area contributed by atoms with Crippen LogP contribution in [-0.2, 0) is 0 Å². The van der Waals surface area contributed by atoms with Gasteiger partial charge in [0, 0.05) is 6.20 Å². The minimum Gasteiger partial charge on any atom is -0.411 e. The van der Waals surface area contributed by atoms with E-state index in [1.165, 1.54) is 18.5 Å². The van der Waals surface area contributed by atoms with Gasteiger partial charge in [0.1, 0.15) is 0 Å². The van der Waals surface area contributed by atoms with Crippen molar-refractivity contribution in [2.75, 3.05) is 0 Å². The molecule has 1 N–H and O–H groups in total. The number of oxime groups is 1. The molecule has 4 heteroatoms. The zero-order chi connectivity index (χ0) is 8.10. The molecule has 0 aliphatic carbocycles. The maximum atomic E-state index is 8.45. The largest absolute Gasteiger partial charge is 0.411 e. The maximum absolute atomic E-state index is 8.45. The summed E-state index contributed by atoms with van der Waals surface area (Å²) in [5.74, 6) is 0. The summed E-state index contributed by atoms with van der Waals surface area (Å²) in [6.07, 6.45) is 2.65. The molecule has 0 aromatic carbocycles. The summed E-state index contributed by atoms with van der Waals surface area (Å²) in [5.41, 5.74) is 0.960. The number of nitrogens with zero attached hydrogens (tertiary/aromatic N) is 3. The lowest BCUT2D eigenvalue weighted by Crippen LogP contribution is -1.87. The molecule has 0 saturated carbocycles. The van der Waals surface area contributed by atoms with Crippen LogP contribution in [0.4, 0.5) is 0 Å². The highest BCUT2D eigenvalue weighted by Crippen LogP contribution is 1.96. The lowest BCUT2D eigenvalue weighted by molar-refractivity contribution is 0.321. The van der Waals surface area contributed by atoms with E-state index in [4.69, 9.17) is 10.5 Å². The summed E-state index contributed by atoms with van der Waals surface area (Å²) < 4.78 is 0. The van der Waals surface area contributed by atoms with Crippen LogP contribution in [0.2, 0.25) is 0 Å². The van der Waals surface area contributed by atoms with Crippen LogP contribution in [-0.4, -0.2) is 16.4 Å². The first kappa shape index (κ1) is 7.22. The van der Waals surface area contributed by atoms with E-state index in [0.717, 1.165) is 0 Å². The van der Waals surface area contributed by atoms with E-state index in [1.807, 2.05) is 6.07 Å². The lowest BCUT2D eigenvalue weighted by atomic mass is 10.2. The molecule has 54 valence electrons.